The van der Waals surface area contributed by atoms with Crippen molar-refractivity contribution in [2.24, 2.45) is 0 Å². The van der Waals surface area contributed by atoms with E-state index in [-0.39, 0.29) is 5.65 Å². The van der Waals surface area contributed by atoms with Gasteiger partial charge in [-0.3, -0.25) is 0 Å². The van der Waals surface area contributed by atoms with Crippen molar-refractivity contribution in [2.45, 2.75) is 0 Å². The molecule has 12 heavy (non-hydrogen) atoms. The largest absolute Gasteiger partial charge is 0.347 e. The van der Waals surface area contributed by atoms with Crippen molar-refractivity contribution < 1.29 is 8.78 Å². The SMILES string of the molecule is O=c1[nH]nc2cc(F)c(F)cn12. The molecule has 0 spiro atoms. The average Bonchev–Trinajstić information content (AvgIpc) is 2.35. The van der Waals surface area contributed by atoms with Crippen LogP contribution in [0, 0.1) is 11.6 Å². The van der Waals surface area contributed by atoms with Crippen LogP contribution in [0.2, 0.25) is 0 Å². The highest BCUT2D eigenvalue weighted by Crippen LogP contribution is 2.05. The number of pyridine rings is 1. The highest BCUT2D eigenvalue weighted by atomic mass is 19.2. The topological polar surface area (TPSA) is 50.2 Å². The summed E-state index contributed by atoms with van der Waals surface area (Å²) in [6.07, 6.45) is 0.747. The van der Waals surface area contributed by atoms with E-state index in [0.29, 0.717) is 0 Å². The molecule has 0 saturated heterocycles. The number of hydrogen-bond donors (Lipinski definition) is 1. The molecule has 6 heteroatoms. The molecule has 62 valence electrons. The van der Waals surface area contributed by atoms with Gasteiger partial charge in [-0.15, -0.1) is 0 Å². The van der Waals surface area contributed by atoms with Gasteiger partial charge in [0.1, 0.15) is 0 Å². The predicted molar refractivity (Wildman–Crippen MR) is 35.7 cm³/mol. The summed E-state index contributed by atoms with van der Waals surface area (Å²) in [6, 6.07) is 0.841. The molecule has 0 aliphatic rings. The van der Waals surface area contributed by atoms with Crippen LogP contribution in [0.1, 0.15) is 0 Å². The Kier molecular flexibility index (Phi) is 1.24. The van der Waals surface area contributed by atoms with Gasteiger partial charge in [-0.2, -0.15) is 5.10 Å². The highest BCUT2D eigenvalue weighted by Gasteiger charge is 2.06. The van der Waals surface area contributed by atoms with Crippen LogP contribution in [-0.2, 0) is 0 Å². The molecule has 0 atom stereocenters. The van der Waals surface area contributed by atoms with E-state index in [1.54, 1.807) is 0 Å². The van der Waals surface area contributed by atoms with Gasteiger partial charge >= 0.3 is 5.69 Å². The van der Waals surface area contributed by atoms with Crippen LogP contribution in [-0.4, -0.2) is 14.6 Å². The molecule has 0 aliphatic heterocycles. The van der Waals surface area contributed by atoms with Crippen LogP contribution in [0.3, 0.4) is 0 Å². The number of fused-ring (bicyclic) bond motifs is 1. The van der Waals surface area contributed by atoms with Crippen LogP contribution >= 0.6 is 0 Å². The number of nitrogens with one attached hydrogen (secondary N) is 1. The molecule has 2 aromatic heterocycles. The van der Waals surface area contributed by atoms with E-state index in [9.17, 15) is 13.6 Å². The second kappa shape index (κ2) is 2.13. The fraction of sp³-hybridized carbons (Fsp3) is 0. The van der Waals surface area contributed by atoms with Gasteiger partial charge in [0, 0.05) is 6.07 Å². The number of hydrogen-bond acceptors (Lipinski definition) is 2. The third-order valence-corrected chi connectivity index (χ3v) is 1.46. The molecule has 2 rings (SSSR count). The van der Waals surface area contributed by atoms with Crippen molar-refractivity contribution in [2.75, 3.05) is 0 Å². The Hall–Kier alpha value is -1.72. The molecule has 1 N–H and O–H groups in total. The Morgan fingerprint density at radius 3 is 2.92 bits per heavy atom. The molecular formula is C6H3F2N3O. The molecule has 0 saturated carbocycles. The maximum atomic E-state index is 12.5. The molecule has 0 unspecified atom stereocenters. The average molecular weight is 171 g/mol. The zero-order chi connectivity index (χ0) is 8.72. The van der Waals surface area contributed by atoms with Gasteiger partial charge in [0.15, 0.2) is 17.3 Å². The lowest BCUT2D eigenvalue weighted by Gasteiger charge is -1.91. The van der Waals surface area contributed by atoms with E-state index < -0.39 is 17.3 Å². The zero-order valence-corrected chi connectivity index (χ0v) is 5.71. The van der Waals surface area contributed by atoms with E-state index in [2.05, 4.69) is 10.2 Å². The third-order valence-electron chi connectivity index (χ3n) is 1.46. The Balaban J connectivity index is 2.97. The monoisotopic (exact) mass is 171 g/mol. The van der Waals surface area contributed by atoms with Gasteiger partial charge < -0.3 is 0 Å². The molecule has 0 amide bonds. The maximum Gasteiger partial charge on any atom is 0.347 e. The Morgan fingerprint density at radius 2 is 2.17 bits per heavy atom. The molecule has 2 aromatic rings. The van der Waals surface area contributed by atoms with Crippen LogP contribution in [0.25, 0.3) is 5.65 Å². The van der Waals surface area contributed by atoms with E-state index in [1.807, 2.05) is 0 Å². The van der Waals surface area contributed by atoms with Crippen molar-refractivity contribution in [1.29, 1.82) is 0 Å². The molecule has 0 aromatic carbocycles. The normalized spacial score (nSPS) is 10.8. The Bertz CT molecular complexity index is 487. The first-order valence-electron chi connectivity index (χ1n) is 3.10. The van der Waals surface area contributed by atoms with Crippen LogP contribution in [0.15, 0.2) is 17.1 Å². The first-order valence-corrected chi connectivity index (χ1v) is 3.10. The second-order valence-corrected chi connectivity index (χ2v) is 2.23. The van der Waals surface area contributed by atoms with Crippen LogP contribution in [0.4, 0.5) is 8.78 Å². The van der Waals surface area contributed by atoms with Crippen LogP contribution in [0.5, 0.6) is 0 Å². The first-order chi connectivity index (χ1) is 5.68. The molecule has 2 heterocycles. The molecular weight excluding hydrogens is 168 g/mol. The minimum Gasteiger partial charge on any atom is -0.247 e. The minimum atomic E-state index is -1.08. The predicted octanol–water partition coefficient (Wildman–Crippen LogP) is 0.301. The number of aromatic amines is 1. The van der Waals surface area contributed by atoms with Gasteiger partial charge in [-0.1, -0.05) is 0 Å². The quantitative estimate of drug-likeness (QED) is 0.619. The molecule has 4 nitrogen and oxygen atoms in total. The number of aromatic nitrogens is 3. The molecule has 0 bridgehead atoms. The summed E-state index contributed by atoms with van der Waals surface area (Å²) >= 11 is 0. The molecule has 0 aliphatic carbocycles. The standard InChI is InChI=1S/C6H3F2N3O/c7-3-1-5-9-10-6(12)11(5)2-4(3)8/h1-2H,(H,10,12). The van der Waals surface area contributed by atoms with E-state index in [1.165, 1.54) is 0 Å². The maximum absolute atomic E-state index is 12.5. The zero-order valence-electron chi connectivity index (χ0n) is 5.71. The lowest BCUT2D eigenvalue weighted by Crippen LogP contribution is -2.09. The van der Waals surface area contributed by atoms with Crippen molar-refractivity contribution >= 4 is 5.65 Å². The summed E-state index contributed by atoms with van der Waals surface area (Å²) in [5, 5.41) is 5.49. The second-order valence-electron chi connectivity index (χ2n) is 2.23. The summed E-state index contributed by atoms with van der Waals surface area (Å²) < 4.78 is 25.9. The number of H-pyrrole nitrogens is 1. The van der Waals surface area contributed by atoms with Crippen molar-refractivity contribution in [3.63, 3.8) is 0 Å². The highest BCUT2D eigenvalue weighted by molar-refractivity contribution is 5.36. The van der Waals surface area contributed by atoms with Gasteiger partial charge in [-0.25, -0.2) is 23.1 Å². The molecule has 0 radical (unpaired) electrons. The van der Waals surface area contributed by atoms with Gasteiger partial charge in [0.05, 0.1) is 6.20 Å². The minimum absolute atomic E-state index is 0.0545. The van der Waals surface area contributed by atoms with E-state index in [4.69, 9.17) is 0 Å². The van der Waals surface area contributed by atoms with Crippen molar-refractivity contribution in [3.05, 3.63) is 34.4 Å². The summed E-state index contributed by atoms with van der Waals surface area (Å²) in [5.74, 6) is -2.10. The Labute approximate surface area is 64.4 Å². The number of halogens is 2. The smallest absolute Gasteiger partial charge is 0.247 e. The van der Waals surface area contributed by atoms with E-state index in [0.717, 1.165) is 16.7 Å². The summed E-state index contributed by atoms with van der Waals surface area (Å²) in [7, 11) is 0. The first kappa shape index (κ1) is 6.96. The lowest BCUT2D eigenvalue weighted by molar-refractivity contribution is 0.503. The number of rotatable bonds is 0. The molecule has 0 fully saturated rings. The van der Waals surface area contributed by atoms with Crippen molar-refractivity contribution in [1.82, 2.24) is 14.6 Å². The van der Waals surface area contributed by atoms with Gasteiger partial charge in [0.25, 0.3) is 0 Å². The van der Waals surface area contributed by atoms with Gasteiger partial charge in [-0.05, 0) is 0 Å². The summed E-state index contributed by atoms with van der Waals surface area (Å²) in [4.78, 5) is 10.8. The fourth-order valence-corrected chi connectivity index (χ4v) is 0.901. The fourth-order valence-electron chi connectivity index (χ4n) is 0.901. The summed E-state index contributed by atoms with van der Waals surface area (Å²) in [6.45, 7) is 0. The Morgan fingerprint density at radius 1 is 1.42 bits per heavy atom. The van der Waals surface area contributed by atoms with Crippen molar-refractivity contribution in [3.8, 4) is 0 Å². The lowest BCUT2D eigenvalue weighted by atomic mass is 10.4. The summed E-state index contributed by atoms with van der Waals surface area (Å²) in [5.41, 5.74) is -0.539. The number of nitrogens with zero attached hydrogens (tertiary/aromatic N) is 2. The van der Waals surface area contributed by atoms with Crippen LogP contribution < -0.4 is 5.69 Å². The van der Waals surface area contributed by atoms with E-state index >= 15 is 0 Å². The van der Waals surface area contributed by atoms with Gasteiger partial charge in [0.2, 0.25) is 0 Å². The third kappa shape index (κ3) is 0.810.